The molecule has 3 rings (SSSR count). The summed E-state index contributed by atoms with van der Waals surface area (Å²) in [4.78, 5) is 0. The average Bonchev–Trinajstić information content (AvgIpc) is 3.04. The van der Waals surface area contributed by atoms with Gasteiger partial charge in [-0.05, 0) is 19.8 Å². The maximum atomic E-state index is 5.72. The van der Waals surface area contributed by atoms with Gasteiger partial charge in [0, 0.05) is 18.9 Å². The van der Waals surface area contributed by atoms with Gasteiger partial charge in [0.05, 0.1) is 19.3 Å². The third kappa shape index (κ3) is 2.38. The monoisotopic (exact) mass is 253 g/mol. The number of aromatic amines is 1. The van der Waals surface area contributed by atoms with E-state index in [1.165, 1.54) is 0 Å². The second-order valence-electron chi connectivity index (χ2n) is 5.04. The van der Waals surface area contributed by atoms with Gasteiger partial charge in [0.1, 0.15) is 0 Å². The molecule has 2 fully saturated rings. The lowest BCUT2D eigenvalue weighted by molar-refractivity contribution is -0.179. The van der Waals surface area contributed by atoms with Crippen molar-refractivity contribution in [2.24, 2.45) is 0 Å². The first-order chi connectivity index (χ1) is 8.77. The standard InChI is InChI=1S/C11H19N5O2/c1-8(10-13-15-16-14-10)12-9-2-4-11(5-3-9)17-6-7-18-11/h8-9,12H,2-7H2,1H3,(H,13,14,15,16). The molecule has 2 aliphatic rings. The smallest absolute Gasteiger partial charge is 0.191 e. The highest BCUT2D eigenvalue weighted by Crippen LogP contribution is 2.36. The van der Waals surface area contributed by atoms with Gasteiger partial charge in [0.15, 0.2) is 11.6 Å². The molecule has 2 N–H and O–H groups in total. The van der Waals surface area contributed by atoms with Crippen LogP contribution in [0.4, 0.5) is 0 Å². The van der Waals surface area contributed by atoms with Gasteiger partial charge in [-0.15, -0.1) is 10.2 Å². The second kappa shape index (κ2) is 4.91. The molecule has 18 heavy (non-hydrogen) atoms. The third-order valence-corrected chi connectivity index (χ3v) is 3.80. The quantitative estimate of drug-likeness (QED) is 0.817. The van der Waals surface area contributed by atoms with Crippen molar-refractivity contribution in [1.29, 1.82) is 0 Å². The van der Waals surface area contributed by atoms with Gasteiger partial charge in [-0.25, -0.2) is 0 Å². The number of H-pyrrole nitrogens is 1. The molecular formula is C11H19N5O2. The largest absolute Gasteiger partial charge is 0.348 e. The van der Waals surface area contributed by atoms with Gasteiger partial charge in [-0.3, -0.25) is 0 Å². The SMILES string of the molecule is CC(NC1CCC2(CC1)OCCO2)c1nn[nH]n1. The van der Waals surface area contributed by atoms with Crippen molar-refractivity contribution in [1.82, 2.24) is 25.9 Å². The molecule has 1 aromatic heterocycles. The summed E-state index contributed by atoms with van der Waals surface area (Å²) in [6.07, 6.45) is 4.04. The molecule has 0 amide bonds. The minimum atomic E-state index is -0.284. The highest BCUT2D eigenvalue weighted by atomic mass is 16.7. The average molecular weight is 253 g/mol. The highest BCUT2D eigenvalue weighted by molar-refractivity contribution is 4.91. The van der Waals surface area contributed by atoms with E-state index in [1.54, 1.807) is 0 Å². The second-order valence-corrected chi connectivity index (χ2v) is 5.04. The molecular weight excluding hydrogens is 234 g/mol. The summed E-state index contributed by atoms with van der Waals surface area (Å²) >= 11 is 0. The maximum absolute atomic E-state index is 5.72. The molecule has 1 aromatic rings. The number of tetrazole rings is 1. The molecule has 1 aliphatic heterocycles. The van der Waals surface area contributed by atoms with E-state index >= 15 is 0 Å². The van der Waals surface area contributed by atoms with E-state index in [2.05, 4.69) is 32.9 Å². The number of nitrogens with zero attached hydrogens (tertiary/aromatic N) is 3. The van der Waals surface area contributed by atoms with E-state index < -0.39 is 0 Å². The zero-order chi connectivity index (χ0) is 12.4. The van der Waals surface area contributed by atoms with Crippen LogP contribution in [-0.2, 0) is 9.47 Å². The molecule has 1 spiro atoms. The molecule has 7 heteroatoms. The molecule has 7 nitrogen and oxygen atoms in total. The zero-order valence-electron chi connectivity index (χ0n) is 10.6. The van der Waals surface area contributed by atoms with Crippen molar-refractivity contribution >= 4 is 0 Å². The molecule has 2 heterocycles. The van der Waals surface area contributed by atoms with Crippen LogP contribution in [-0.4, -0.2) is 45.7 Å². The lowest BCUT2D eigenvalue weighted by Crippen LogP contribution is -2.42. The zero-order valence-corrected chi connectivity index (χ0v) is 10.6. The Morgan fingerprint density at radius 1 is 1.33 bits per heavy atom. The predicted molar refractivity (Wildman–Crippen MR) is 62.6 cm³/mol. The minimum absolute atomic E-state index is 0.119. The molecule has 0 radical (unpaired) electrons. The summed E-state index contributed by atoms with van der Waals surface area (Å²) < 4.78 is 11.4. The first kappa shape index (κ1) is 12.0. The molecule has 1 unspecified atom stereocenters. The number of aromatic nitrogens is 4. The fraction of sp³-hybridized carbons (Fsp3) is 0.909. The summed E-state index contributed by atoms with van der Waals surface area (Å²) in [6.45, 7) is 3.52. The summed E-state index contributed by atoms with van der Waals surface area (Å²) in [7, 11) is 0. The van der Waals surface area contributed by atoms with Gasteiger partial charge in [-0.2, -0.15) is 5.21 Å². The normalized spacial score (nSPS) is 25.6. The van der Waals surface area contributed by atoms with Gasteiger partial charge in [-0.1, -0.05) is 5.21 Å². The van der Waals surface area contributed by atoms with Gasteiger partial charge < -0.3 is 14.8 Å². The molecule has 0 bridgehead atoms. The number of nitrogens with one attached hydrogen (secondary N) is 2. The first-order valence-electron chi connectivity index (χ1n) is 6.55. The summed E-state index contributed by atoms with van der Waals surface area (Å²) in [5.41, 5.74) is 0. The van der Waals surface area contributed by atoms with E-state index in [0.29, 0.717) is 11.9 Å². The van der Waals surface area contributed by atoms with Crippen LogP contribution >= 0.6 is 0 Å². The fourth-order valence-corrected chi connectivity index (χ4v) is 2.79. The van der Waals surface area contributed by atoms with Crippen LogP contribution in [0, 0.1) is 0 Å². The third-order valence-electron chi connectivity index (χ3n) is 3.80. The van der Waals surface area contributed by atoms with Crippen LogP contribution in [0.3, 0.4) is 0 Å². The Morgan fingerprint density at radius 2 is 2.06 bits per heavy atom. The number of hydrogen-bond donors (Lipinski definition) is 2. The Bertz CT molecular complexity index is 367. The van der Waals surface area contributed by atoms with Crippen LogP contribution in [0.15, 0.2) is 0 Å². The Balaban J connectivity index is 1.51. The van der Waals surface area contributed by atoms with Gasteiger partial charge in [0.2, 0.25) is 0 Å². The lowest BCUT2D eigenvalue weighted by Gasteiger charge is -2.36. The Hall–Kier alpha value is -1.05. The van der Waals surface area contributed by atoms with Gasteiger partial charge >= 0.3 is 0 Å². The predicted octanol–water partition coefficient (Wildman–Crippen LogP) is 0.536. The van der Waals surface area contributed by atoms with Crippen LogP contribution in [0.5, 0.6) is 0 Å². The van der Waals surface area contributed by atoms with Crippen molar-refractivity contribution in [3.8, 4) is 0 Å². The molecule has 1 saturated heterocycles. The van der Waals surface area contributed by atoms with Crippen LogP contribution in [0.1, 0.15) is 44.5 Å². The summed E-state index contributed by atoms with van der Waals surface area (Å²) in [5, 5.41) is 17.6. The first-order valence-corrected chi connectivity index (χ1v) is 6.55. The van der Waals surface area contributed by atoms with E-state index in [-0.39, 0.29) is 11.8 Å². The van der Waals surface area contributed by atoms with E-state index in [0.717, 1.165) is 38.9 Å². The van der Waals surface area contributed by atoms with Crippen molar-refractivity contribution in [3.05, 3.63) is 5.82 Å². The molecule has 100 valence electrons. The van der Waals surface area contributed by atoms with E-state index in [4.69, 9.17) is 9.47 Å². The maximum Gasteiger partial charge on any atom is 0.191 e. The Labute approximate surface area is 106 Å². The van der Waals surface area contributed by atoms with E-state index in [9.17, 15) is 0 Å². The number of hydrogen-bond acceptors (Lipinski definition) is 6. The van der Waals surface area contributed by atoms with Crippen LogP contribution < -0.4 is 5.32 Å². The van der Waals surface area contributed by atoms with E-state index in [1.807, 2.05) is 0 Å². The van der Waals surface area contributed by atoms with Gasteiger partial charge in [0.25, 0.3) is 0 Å². The summed E-state index contributed by atoms with van der Waals surface area (Å²) in [5.74, 6) is 0.428. The van der Waals surface area contributed by atoms with Crippen molar-refractivity contribution < 1.29 is 9.47 Å². The van der Waals surface area contributed by atoms with Crippen LogP contribution in [0.25, 0.3) is 0 Å². The number of ether oxygens (including phenoxy) is 2. The summed E-state index contributed by atoms with van der Waals surface area (Å²) in [6, 6.07) is 0.588. The highest BCUT2D eigenvalue weighted by Gasteiger charge is 2.40. The molecule has 1 atom stereocenters. The molecule has 0 aromatic carbocycles. The minimum Gasteiger partial charge on any atom is -0.348 e. The number of rotatable bonds is 3. The lowest BCUT2D eigenvalue weighted by atomic mass is 9.89. The topological polar surface area (TPSA) is 85.0 Å². The van der Waals surface area contributed by atoms with Crippen molar-refractivity contribution in [2.45, 2.75) is 50.5 Å². The van der Waals surface area contributed by atoms with Crippen molar-refractivity contribution in [3.63, 3.8) is 0 Å². The fourth-order valence-electron chi connectivity index (χ4n) is 2.79. The Kier molecular flexibility index (Phi) is 3.27. The molecule has 1 aliphatic carbocycles. The van der Waals surface area contributed by atoms with Crippen LogP contribution in [0.2, 0.25) is 0 Å². The molecule has 1 saturated carbocycles. The van der Waals surface area contributed by atoms with Crippen molar-refractivity contribution in [2.75, 3.05) is 13.2 Å². The Morgan fingerprint density at radius 3 is 2.67 bits per heavy atom.